The van der Waals surface area contributed by atoms with E-state index in [1.165, 1.54) is 0 Å². The number of carbonyl (C=O) groups excluding carboxylic acids is 1. The van der Waals surface area contributed by atoms with Gasteiger partial charge >= 0.3 is 0 Å². The van der Waals surface area contributed by atoms with E-state index in [0.717, 1.165) is 24.8 Å². The molecular weight excluding hydrogens is 242 g/mol. The first kappa shape index (κ1) is 13.9. The summed E-state index contributed by atoms with van der Waals surface area (Å²) in [4.78, 5) is 11.9. The molecule has 19 heavy (non-hydrogen) atoms. The normalized spacial score (nSPS) is 18.3. The SMILES string of the molecule is Cc1cccc(OC(C)C(=O)NCC2(O)CCC2)c1. The third kappa shape index (κ3) is 3.70. The zero-order chi connectivity index (χ0) is 13.9. The Balaban J connectivity index is 1.82. The maximum absolute atomic E-state index is 11.9. The molecule has 2 rings (SSSR count). The second kappa shape index (κ2) is 5.61. The molecule has 1 aromatic rings. The van der Waals surface area contributed by atoms with Crippen LogP contribution in [-0.4, -0.2) is 29.3 Å². The molecule has 1 atom stereocenters. The van der Waals surface area contributed by atoms with Gasteiger partial charge in [-0.1, -0.05) is 12.1 Å². The summed E-state index contributed by atoms with van der Waals surface area (Å²) in [6, 6.07) is 7.59. The van der Waals surface area contributed by atoms with Crippen LogP contribution in [-0.2, 0) is 4.79 Å². The molecule has 0 spiro atoms. The minimum Gasteiger partial charge on any atom is -0.481 e. The van der Waals surface area contributed by atoms with Gasteiger partial charge in [-0.2, -0.15) is 0 Å². The summed E-state index contributed by atoms with van der Waals surface area (Å²) < 4.78 is 5.58. The molecule has 0 heterocycles. The number of amides is 1. The van der Waals surface area contributed by atoms with Gasteiger partial charge in [0.15, 0.2) is 6.10 Å². The first-order valence-corrected chi connectivity index (χ1v) is 6.72. The number of rotatable bonds is 5. The predicted molar refractivity (Wildman–Crippen MR) is 73.1 cm³/mol. The Bertz CT molecular complexity index is 454. The molecule has 1 saturated carbocycles. The topological polar surface area (TPSA) is 58.6 Å². The zero-order valence-electron chi connectivity index (χ0n) is 11.5. The van der Waals surface area contributed by atoms with E-state index < -0.39 is 11.7 Å². The fourth-order valence-corrected chi connectivity index (χ4v) is 2.10. The third-order valence-corrected chi connectivity index (χ3v) is 3.55. The van der Waals surface area contributed by atoms with Crippen LogP contribution < -0.4 is 10.1 Å². The third-order valence-electron chi connectivity index (χ3n) is 3.55. The van der Waals surface area contributed by atoms with Crippen molar-refractivity contribution in [3.8, 4) is 5.75 Å². The van der Waals surface area contributed by atoms with Crippen molar-refractivity contribution in [1.29, 1.82) is 0 Å². The number of aliphatic hydroxyl groups is 1. The van der Waals surface area contributed by atoms with Crippen molar-refractivity contribution >= 4 is 5.91 Å². The Hall–Kier alpha value is -1.55. The van der Waals surface area contributed by atoms with Crippen LogP contribution in [0.5, 0.6) is 5.75 Å². The van der Waals surface area contributed by atoms with Crippen LogP contribution >= 0.6 is 0 Å². The van der Waals surface area contributed by atoms with Crippen LogP contribution in [0.15, 0.2) is 24.3 Å². The van der Waals surface area contributed by atoms with E-state index in [0.29, 0.717) is 12.3 Å². The Morgan fingerprint density at radius 2 is 2.26 bits per heavy atom. The van der Waals surface area contributed by atoms with E-state index >= 15 is 0 Å². The van der Waals surface area contributed by atoms with Gasteiger partial charge in [0.05, 0.1) is 5.60 Å². The molecule has 0 bridgehead atoms. The predicted octanol–water partition coefficient (Wildman–Crippen LogP) is 1.79. The van der Waals surface area contributed by atoms with E-state index in [4.69, 9.17) is 4.74 Å². The fraction of sp³-hybridized carbons (Fsp3) is 0.533. The average Bonchev–Trinajstić information content (AvgIpc) is 2.33. The quantitative estimate of drug-likeness (QED) is 0.851. The smallest absolute Gasteiger partial charge is 0.260 e. The number of carbonyl (C=O) groups is 1. The van der Waals surface area contributed by atoms with Gasteiger partial charge in [0.2, 0.25) is 0 Å². The highest BCUT2D eigenvalue weighted by molar-refractivity contribution is 5.80. The second-order valence-corrected chi connectivity index (χ2v) is 5.37. The summed E-state index contributed by atoms with van der Waals surface area (Å²) in [5.41, 5.74) is 0.396. The number of ether oxygens (including phenoxy) is 1. The summed E-state index contributed by atoms with van der Waals surface area (Å²) >= 11 is 0. The van der Waals surface area contributed by atoms with E-state index in [1.807, 2.05) is 31.2 Å². The van der Waals surface area contributed by atoms with Gasteiger partial charge in [-0.15, -0.1) is 0 Å². The number of aryl methyl sites for hydroxylation is 1. The summed E-state index contributed by atoms with van der Waals surface area (Å²) in [6.45, 7) is 4.00. The van der Waals surface area contributed by atoms with Gasteiger partial charge in [0.1, 0.15) is 5.75 Å². The summed E-state index contributed by atoms with van der Waals surface area (Å²) in [5, 5.41) is 12.7. The van der Waals surface area contributed by atoms with E-state index in [2.05, 4.69) is 5.32 Å². The Morgan fingerprint density at radius 3 is 2.84 bits per heavy atom. The van der Waals surface area contributed by atoms with Crippen LogP contribution in [0.25, 0.3) is 0 Å². The van der Waals surface area contributed by atoms with Crippen molar-refractivity contribution in [2.24, 2.45) is 0 Å². The lowest BCUT2D eigenvalue weighted by atomic mass is 9.80. The van der Waals surface area contributed by atoms with Crippen LogP contribution in [0, 0.1) is 6.92 Å². The molecule has 1 aliphatic carbocycles. The molecule has 104 valence electrons. The lowest BCUT2D eigenvalue weighted by Gasteiger charge is -2.36. The Kier molecular flexibility index (Phi) is 4.10. The molecule has 0 saturated heterocycles. The molecule has 4 nitrogen and oxygen atoms in total. The van der Waals surface area contributed by atoms with Crippen LogP contribution in [0.4, 0.5) is 0 Å². The van der Waals surface area contributed by atoms with E-state index in [1.54, 1.807) is 6.92 Å². The number of nitrogens with one attached hydrogen (secondary N) is 1. The van der Waals surface area contributed by atoms with Crippen molar-refractivity contribution in [1.82, 2.24) is 5.32 Å². The Labute approximate surface area is 113 Å². The molecule has 0 aliphatic heterocycles. The maximum atomic E-state index is 11.9. The van der Waals surface area contributed by atoms with Gasteiger partial charge in [-0.05, 0) is 50.8 Å². The minimum absolute atomic E-state index is 0.193. The van der Waals surface area contributed by atoms with Crippen molar-refractivity contribution in [3.05, 3.63) is 29.8 Å². The van der Waals surface area contributed by atoms with Crippen molar-refractivity contribution < 1.29 is 14.6 Å². The molecular formula is C15H21NO3. The molecule has 2 N–H and O–H groups in total. The van der Waals surface area contributed by atoms with Gasteiger partial charge in [-0.3, -0.25) is 4.79 Å². The van der Waals surface area contributed by atoms with E-state index in [9.17, 15) is 9.90 Å². The second-order valence-electron chi connectivity index (χ2n) is 5.37. The van der Waals surface area contributed by atoms with Crippen molar-refractivity contribution in [2.75, 3.05) is 6.54 Å². The number of hydrogen-bond acceptors (Lipinski definition) is 3. The standard InChI is InChI=1S/C15H21NO3/c1-11-5-3-6-13(9-11)19-12(2)14(17)16-10-15(18)7-4-8-15/h3,5-6,9,12,18H,4,7-8,10H2,1-2H3,(H,16,17). The monoisotopic (exact) mass is 263 g/mol. The van der Waals surface area contributed by atoms with Gasteiger partial charge in [0, 0.05) is 6.54 Å². The zero-order valence-corrected chi connectivity index (χ0v) is 11.5. The molecule has 0 radical (unpaired) electrons. The first-order valence-electron chi connectivity index (χ1n) is 6.72. The fourth-order valence-electron chi connectivity index (χ4n) is 2.10. The lowest BCUT2D eigenvalue weighted by Crippen LogP contribution is -2.50. The Morgan fingerprint density at radius 1 is 1.53 bits per heavy atom. The number of benzene rings is 1. The number of hydrogen-bond donors (Lipinski definition) is 2. The van der Waals surface area contributed by atoms with Crippen LogP contribution in [0.1, 0.15) is 31.7 Å². The molecule has 1 amide bonds. The summed E-state index contributed by atoms with van der Waals surface area (Å²) in [6.07, 6.45) is 1.99. The van der Waals surface area contributed by atoms with Gasteiger partial charge in [0.25, 0.3) is 5.91 Å². The van der Waals surface area contributed by atoms with Crippen LogP contribution in [0.2, 0.25) is 0 Å². The molecule has 1 aromatic carbocycles. The minimum atomic E-state index is -0.696. The average molecular weight is 263 g/mol. The lowest BCUT2D eigenvalue weighted by molar-refractivity contribution is -0.129. The molecule has 1 fully saturated rings. The maximum Gasteiger partial charge on any atom is 0.260 e. The van der Waals surface area contributed by atoms with Crippen LogP contribution in [0.3, 0.4) is 0 Å². The van der Waals surface area contributed by atoms with Gasteiger partial charge < -0.3 is 15.2 Å². The highest BCUT2D eigenvalue weighted by Crippen LogP contribution is 2.30. The summed E-state index contributed by atoms with van der Waals surface area (Å²) in [5.74, 6) is 0.492. The van der Waals surface area contributed by atoms with Gasteiger partial charge in [-0.25, -0.2) is 0 Å². The van der Waals surface area contributed by atoms with E-state index in [-0.39, 0.29) is 5.91 Å². The molecule has 1 unspecified atom stereocenters. The molecule has 4 heteroatoms. The highest BCUT2D eigenvalue weighted by Gasteiger charge is 2.34. The van der Waals surface area contributed by atoms with Crippen molar-refractivity contribution in [3.63, 3.8) is 0 Å². The largest absolute Gasteiger partial charge is 0.481 e. The first-order chi connectivity index (χ1) is 8.98. The summed E-state index contributed by atoms with van der Waals surface area (Å²) in [7, 11) is 0. The molecule has 0 aromatic heterocycles. The highest BCUT2D eigenvalue weighted by atomic mass is 16.5. The van der Waals surface area contributed by atoms with Crippen molar-refractivity contribution in [2.45, 2.75) is 44.8 Å². The molecule has 1 aliphatic rings.